The average Bonchev–Trinajstić information content (AvgIpc) is 4.18. The molecule has 2 aromatic carbocycles. The Labute approximate surface area is 508 Å². The fraction of sp³-hybridized carbons (Fsp3) is 0.646. The van der Waals surface area contributed by atoms with Gasteiger partial charge in [-0.15, -0.1) is 0 Å². The quantitative estimate of drug-likeness (QED) is 0.102. The van der Waals surface area contributed by atoms with Crippen molar-refractivity contribution in [3.63, 3.8) is 0 Å². The maximum absolute atomic E-state index is 10.6. The minimum absolute atomic E-state index is 0.402. The lowest BCUT2D eigenvalue weighted by Crippen LogP contribution is -2.50. The highest BCUT2D eigenvalue weighted by Gasteiger charge is 2.24. The molecule has 9 heterocycles. The van der Waals surface area contributed by atoms with Crippen molar-refractivity contribution in [3.8, 4) is 0 Å². The molecule has 3 aromatic heterocycles. The van der Waals surface area contributed by atoms with Crippen molar-refractivity contribution in [1.82, 2.24) is 60.0 Å². The Hall–Kier alpha value is -6.03. The van der Waals surface area contributed by atoms with E-state index in [4.69, 9.17) is 24.2 Å². The van der Waals surface area contributed by atoms with Gasteiger partial charge in [0, 0.05) is 165 Å². The number of fused-ring (bicyclic) bond motifs is 3. The topological polar surface area (TPSA) is 232 Å². The summed E-state index contributed by atoms with van der Waals surface area (Å²) in [5, 5.41) is 34.0. The van der Waals surface area contributed by atoms with E-state index in [-0.39, 0.29) is 0 Å². The molecule has 0 bridgehead atoms. The number of hydrogen-bond acceptors (Lipinski definition) is 14. The van der Waals surface area contributed by atoms with Gasteiger partial charge in [0.1, 0.15) is 0 Å². The minimum atomic E-state index is -0.833. The Morgan fingerprint density at radius 2 is 1.13 bits per heavy atom. The number of piperazine rings is 1. The number of nitrogens with one attached hydrogen (secondary N) is 3. The van der Waals surface area contributed by atoms with E-state index < -0.39 is 17.8 Å². The lowest BCUT2D eigenvalue weighted by molar-refractivity contribution is -0.134. The van der Waals surface area contributed by atoms with Gasteiger partial charge in [-0.05, 0) is 111 Å². The van der Waals surface area contributed by atoms with Crippen molar-refractivity contribution in [1.29, 1.82) is 0 Å². The van der Waals surface area contributed by atoms with Crippen LogP contribution in [0, 0.1) is 11.8 Å². The van der Waals surface area contributed by atoms with Crippen LogP contribution in [0.5, 0.6) is 0 Å². The monoisotopic (exact) mass is 1180 g/mol. The first-order valence-electron chi connectivity index (χ1n) is 31.0. The molecule has 5 aromatic rings. The molecular weight excluding hydrogens is 1070 g/mol. The van der Waals surface area contributed by atoms with Gasteiger partial charge in [-0.3, -0.25) is 44.4 Å². The lowest BCUT2D eigenvalue weighted by Gasteiger charge is -2.35. The van der Waals surface area contributed by atoms with Gasteiger partial charge in [0.25, 0.3) is 5.97 Å². The molecule has 476 valence electrons. The summed E-state index contributed by atoms with van der Waals surface area (Å²) in [7, 11) is 0. The number of carboxylic acids is 1. The van der Waals surface area contributed by atoms with Crippen LogP contribution >= 0.6 is 0 Å². The Bertz CT molecular complexity index is 2610. The molecule has 85 heavy (non-hydrogen) atoms. The second-order valence-electron chi connectivity index (χ2n) is 24.6. The summed E-state index contributed by atoms with van der Waals surface area (Å²) < 4.78 is 9.96. The van der Waals surface area contributed by atoms with Crippen LogP contribution in [0.15, 0.2) is 86.3 Å². The van der Waals surface area contributed by atoms with Crippen LogP contribution in [0.4, 0.5) is 4.79 Å². The molecule has 0 unspecified atom stereocenters. The number of aromatic nitrogens is 6. The zero-order chi connectivity index (χ0) is 63.0. The molecule has 5 N–H and O–H groups in total. The summed E-state index contributed by atoms with van der Waals surface area (Å²) in [6.45, 7) is 47.9. The number of rotatable bonds is 7. The number of oxazole rings is 1. The molecule has 0 radical (unpaired) electrons. The zero-order valence-corrected chi connectivity index (χ0v) is 54.7. The third kappa shape index (κ3) is 29.3. The molecular formula is C65H109N13O7. The van der Waals surface area contributed by atoms with E-state index in [1.807, 2.05) is 18.3 Å². The van der Waals surface area contributed by atoms with Gasteiger partial charge in [-0.25, -0.2) is 9.59 Å². The van der Waals surface area contributed by atoms with Crippen LogP contribution in [0.25, 0.3) is 11.1 Å². The number of benzene rings is 2. The van der Waals surface area contributed by atoms with E-state index in [0.717, 1.165) is 133 Å². The maximum Gasteiger partial charge on any atom is 0.417 e. The number of nitrogens with zero attached hydrogens (tertiary/aromatic N) is 10. The van der Waals surface area contributed by atoms with E-state index >= 15 is 0 Å². The molecule has 2 saturated heterocycles. The number of hydrogen-bond donors (Lipinski definition) is 5. The molecule has 20 nitrogen and oxygen atoms in total. The van der Waals surface area contributed by atoms with E-state index in [0.29, 0.717) is 48.9 Å². The number of aliphatic carboxylic acids is 1. The smallest absolute Gasteiger partial charge is 0.417 e. The third-order valence-corrected chi connectivity index (χ3v) is 14.6. The highest BCUT2D eigenvalue weighted by Crippen LogP contribution is 2.26. The van der Waals surface area contributed by atoms with Crippen molar-refractivity contribution in [3.05, 3.63) is 111 Å². The third-order valence-electron chi connectivity index (χ3n) is 14.6. The summed E-state index contributed by atoms with van der Waals surface area (Å²) >= 11 is 0. The fourth-order valence-electron chi connectivity index (χ4n) is 9.64. The first kappa shape index (κ1) is 73.2. The number of amides is 1. The SMILES string of the molecule is CC(=O)O.CC(C)C.CC(C)Cc1ccccc1.CC(C)N1CCC2=C(CC=N2)C1.CC(C)N1CCN(C(=O)O)CC1.CC(C)N1CCOCC1.CC(C)N1CCc2[nH]ncc2C1.CC(C)N1CCc2n[nH]nc2C1.O=c1[nH]c2ccccc2o1. The van der Waals surface area contributed by atoms with Gasteiger partial charge in [-0.2, -0.15) is 20.5 Å². The van der Waals surface area contributed by atoms with Crippen molar-refractivity contribution in [2.24, 2.45) is 16.8 Å². The van der Waals surface area contributed by atoms with Gasteiger partial charge in [0.05, 0.1) is 36.3 Å². The molecule has 0 spiro atoms. The maximum atomic E-state index is 10.6. The Morgan fingerprint density at radius 1 is 0.612 bits per heavy atom. The molecule has 0 atom stereocenters. The molecule has 6 aliphatic rings. The van der Waals surface area contributed by atoms with Gasteiger partial charge < -0.3 is 24.3 Å². The van der Waals surface area contributed by atoms with Gasteiger partial charge in [0.2, 0.25) is 0 Å². The Kier molecular flexibility index (Phi) is 34.1. The number of aliphatic imine (C=N–C) groups is 1. The number of carboxylic acid groups (broad SMARTS) is 2. The molecule has 11 rings (SSSR count). The van der Waals surface area contributed by atoms with Gasteiger partial charge in [-0.1, -0.05) is 77.1 Å². The number of H-pyrrole nitrogens is 3. The largest absolute Gasteiger partial charge is 0.481 e. The number of carbonyl (C=O) groups is 2. The van der Waals surface area contributed by atoms with Crippen molar-refractivity contribution in [2.75, 3.05) is 78.7 Å². The summed E-state index contributed by atoms with van der Waals surface area (Å²) in [6.07, 6.45) is 8.80. The standard InChI is InChI=1S/C10H16N2.C10H14.C9H15N3.C8H14N4.C8H16N2O2.C7H5NO2.C7H15NO.C4H10.C2H4O2/c1-8(2)12-6-4-10-9(7-12)3-5-11-10;1-9(2)8-10-6-4-3-5-7-10;1-7(2)12-4-3-9-8(6-12)5-10-11-9;1-6(2)12-4-3-7-8(5-12)10-11-9-7;1-7(2)9-3-5-10(6-4-9)8(11)12;9-7-8-5-3-1-2-4-6(5)10-7;1-7(2)8-3-5-9-6-4-8;1-4(2)3;1-2(3)4/h5,8H,3-4,6-7H2,1-2H3;3-7,9H,8H2,1-2H3;5,7H,3-4,6H2,1-2H3,(H,10,11);6H,3-5H2,1-2H3,(H,9,10,11);7H,3-6H2,1-2H3,(H,11,12);1-4H,(H,8,9);7H,3-6H2,1-2H3;4H,1-3H3;1H3,(H,3,4). The Morgan fingerprint density at radius 3 is 1.68 bits per heavy atom. The number of para-hydroxylation sites is 2. The number of aromatic amines is 3. The molecule has 0 aliphatic carbocycles. The summed E-state index contributed by atoms with van der Waals surface area (Å²) in [4.78, 5) is 50.6. The summed E-state index contributed by atoms with van der Waals surface area (Å²) in [5.41, 5.74) is 10.7. The minimum Gasteiger partial charge on any atom is -0.481 e. The Balaban J connectivity index is 0.000000255. The van der Waals surface area contributed by atoms with Gasteiger partial charge >= 0.3 is 11.8 Å². The zero-order valence-electron chi connectivity index (χ0n) is 54.7. The van der Waals surface area contributed by atoms with Crippen LogP contribution in [0.3, 0.4) is 0 Å². The van der Waals surface area contributed by atoms with E-state index in [2.05, 4.69) is 200 Å². The van der Waals surface area contributed by atoms with E-state index in [1.54, 1.807) is 17.7 Å². The van der Waals surface area contributed by atoms with Crippen LogP contribution in [-0.4, -0.2) is 197 Å². The van der Waals surface area contributed by atoms with Gasteiger partial charge in [0.15, 0.2) is 5.58 Å². The molecule has 6 aliphatic heterocycles. The lowest BCUT2D eigenvalue weighted by atomic mass is 10.0. The first-order valence-corrected chi connectivity index (χ1v) is 31.0. The average molecular weight is 1180 g/mol. The number of morpholine rings is 1. The first-order chi connectivity index (χ1) is 40.3. The molecule has 20 heteroatoms. The second-order valence-corrected chi connectivity index (χ2v) is 24.6. The van der Waals surface area contributed by atoms with Crippen LogP contribution in [0.2, 0.25) is 0 Å². The highest BCUT2D eigenvalue weighted by molar-refractivity contribution is 5.71. The molecule has 2 fully saturated rings. The second kappa shape index (κ2) is 39.6. The van der Waals surface area contributed by atoms with Crippen LogP contribution < -0.4 is 5.76 Å². The highest BCUT2D eigenvalue weighted by atomic mass is 16.5. The predicted molar refractivity (Wildman–Crippen MR) is 344 cm³/mol. The molecule has 1 amide bonds. The van der Waals surface area contributed by atoms with Crippen LogP contribution in [0.1, 0.15) is 152 Å². The predicted octanol–water partition coefficient (Wildman–Crippen LogP) is 10.8. The summed E-state index contributed by atoms with van der Waals surface area (Å²) in [5.74, 6) is 0.364. The summed E-state index contributed by atoms with van der Waals surface area (Å²) in [6, 6.07) is 21.0. The van der Waals surface area contributed by atoms with Crippen molar-refractivity contribution >= 4 is 29.4 Å². The van der Waals surface area contributed by atoms with E-state index in [1.165, 1.54) is 40.4 Å². The molecule has 0 saturated carbocycles. The van der Waals surface area contributed by atoms with E-state index in [9.17, 15) is 9.59 Å². The number of ether oxygens (including phenoxy) is 1. The fourth-order valence-corrected chi connectivity index (χ4v) is 9.64. The van der Waals surface area contributed by atoms with Crippen molar-refractivity contribution in [2.45, 2.75) is 186 Å². The normalized spacial score (nSPS) is 17.0. The van der Waals surface area contributed by atoms with Crippen molar-refractivity contribution < 1.29 is 29.0 Å². The van der Waals surface area contributed by atoms with Crippen LogP contribution in [-0.2, 0) is 41.9 Å².